The topological polar surface area (TPSA) is 20.3 Å². The number of benzene rings is 2. The normalized spacial score (nSPS) is 25.0. The van der Waals surface area contributed by atoms with Gasteiger partial charge in [0, 0.05) is 30.6 Å². The highest BCUT2D eigenvalue weighted by atomic mass is 19.2. The number of rotatable bonds is 4. The summed E-state index contributed by atoms with van der Waals surface area (Å²) in [5, 5.41) is 0. The van der Waals surface area contributed by atoms with Gasteiger partial charge in [0.05, 0.1) is 5.56 Å². The average Bonchev–Trinajstić information content (AvgIpc) is 2.89. The molecule has 0 aliphatic carbocycles. The summed E-state index contributed by atoms with van der Waals surface area (Å²) in [6, 6.07) is 10.4. The van der Waals surface area contributed by atoms with Gasteiger partial charge in [-0.1, -0.05) is 30.3 Å². The first-order valence-corrected chi connectivity index (χ1v) is 9.12. The molecule has 2 aliphatic rings. The van der Waals surface area contributed by atoms with E-state index in [1.165, 1.54) is 5.56 Å². The smallest absolute Gasteiger partial charge is 0.172 e. The molecule has 142 valence electrons. The third-order valence-electron chi connectivity index (χ3n) is 5.82. The number of piperidine rings is 1. The van der Waals surface area contributed by atoms with Crippen molar-refractivity contribution in [3.05, 3.63) is 70.8 Å². The van der Waals surface area contributed by atoms with Gasteiger partial charge in [-0.15, -0.1) is 0 Å². The molecule has 4 rings (SSSR count). The molecule has 2 aromatic carbocycles. The highest BCUT2D eigenvalue weighted by Gasteiger charge is 2.44. The van der Waals surface area contributed by atoms with Gasteiger partial charge in [-0.25, -0.2) is 17.6 Å². The summed E-state index contributed by atoms with van der Waals surface area (Å²) in [6.07, 6.45) is 2.70. The molecule has 2 aromatic rings. The Labute approximate surface area is 154 Å². The molecule has 0 spiro atoms. The Balaban J connectivity index is 1.55. The molecule has 0 radical (unpaired) electrons. The van der Waals surface area contributed by atoms with E-state index in [-0.39, 0.29) is 18.2 Å². The highest BCUT2D eigenvalue weighted by molar-refractivity contribution is 5.98. The van der Waals surface area contributed by atoms with Gasteiger partial charge >= 0.3 is 0 Å². The van der Waals surface area contributed by atoms with Crippen LogP contribution in [0.25, 0.3) is 0 Å². The van der Waals surface area contributed by atoms with Crippen molar-refractivity contribution in [3.63, 3.8) is 0 Å². The van der Waals surface area contributed by atoms with Crippen LogP contribution in [-0.4, -0.2) is 22.8 Å². The SMILES string of the molecule is O=C(c1c(F)c(F)cc(F)c1F)C1CC2CCC(C1)N2Cc1ccccc1. The number of nitrogens with zero attached hydrogens (tertiary/aromatic N) is 1. The summed E-state index contributed by atoms with van der Waals surface area (Å²) in [7, 11) is 0. The van der Waals surface area contributed by atoms with Crippen LogP contribution in [0.5, 0.6) is 0 Å². The van der Waals surface area contributed by atoms with Crippen LogP contribution in [0.15, 0.2) is 36.4 Å². The molecule has 2 aliphatic heterocycles. The monoisotopic (exact) mass is 377 g/mol. The predicted octanol–water partition coefficient (Wildman–Crippen LogP) is 4.87. The molecule has 2 saturated heterocycles. The van der Waals surface area contributed by atoms with Crippen LogP contribution in [0.4, 0.5) is 17.6 Å². The van der Waals surface area contributed by atoms with Crippen molar-refractivity contribution in [2.24, 2.45) is 5.92 Å². The van der Waals surface area contributed by atoms with Gasteiger partial charge in [0.25, 0.3) is 0 Å². The van der Waals surface area contributed by atoms with Crippen LogP contribution < -0.4 is 0 Å². The highest BCUT2D eigenvalue weighted by Crippen LogP contribution is 2.41. The van der Waals surface area contributed by atoms with Crippen molar-refractivity contribution < 1.29 is 22.4 Å². The number of hydrogen-bond acceptors (Lipinski definition) is 2. The Bertz CT molecular complexity index is 830. The van der Waals surface area contributed by atoms with E-state index in [0.717, 1.165) is 19.4 Å². The molecule has 2 heterocycles. The minimum atomic E-state index is -1.60. The summed E-state index contributed by atoms with van der Waals surface area (Å²) in [6.45, 7) is 0.758. The molecule has 2 nitrogen and oxygen atoms in total. The van der Waals surface area contributed by atoms with Gasteiger partial charge in [0.15, 0.2) is 29.1 Å². The van der Waals surface area contributed by atoms with E-state index in [0.29, 0.717) is 12.8 Å². The molecular weight excluding hydrogens is 358 g/mol. The Morgan fingerprint density at radius 1 is 0.926 bits per heavy atom. The summed E-state index contributed by atoms with van der Waals surface area (Å²) in [4.78, 5) is 15.0. The van der Waals surface area contributed by atoms with E-state index in [1.807, 2.05) is 30.3 Å². The van der Waals surface area contributed by atoms with Crippen molar-refractivity contribution in [3.8, 4) is 0 Å². The molecule has 2 unspecified atom stereocenters. The summed E-state index contributed by atoms with van der Waals surface area (Å²) < 4.78 is 55.0. The van der Waals surface area contributed by atoms with Crippen molar-refractivity contribution in [1.82, 2.24) is 4.90 Å². The summed E-state index contributed by atoms with van der Waals surface area (Å²) in [5.74, 6) is -7.74. The number of ketones is 1. The number of hydrogen-bond donors (Lipinski definition) is 0. The maximum absolute atomic E-state index is 14.0. The fourth-order valence-corrected chi connectivity index (χ4v) is 4.53. The van der Waals surface area contributed by atoms with E-state index in [2.05, 4.69) is 4.90 Å². The van der Waals surface area contributed by atoms with Crippen LogP contribution >= 0.6 is 0 Å². The molecule has 2 atom stereocenters. The molecule has 0 N–H and O–H groups in total. The van der Waals surface area contributed by atoms with Crippen LogP contribution in [0.2, 0.25) is 0 Å². The molecule has 27 heavy (non-hydrogen) atoms. The van der Waals surface area contributed by atoms with Crippen molar-refractivity contribution in [2.75, 3.05) is 0 Å². The predicted molar refractivity (Wildman–Crippen MR) is 92.1 cm³/mol. The van der Waals surface area contributed by atoms with Gasteiger partial charge in [-0.2, -0.15) is 0 Å². The third kappa shape index (κ3) is 3.27. The molecule has 2 bridgehead atoms. The average molecular weight is 377 g/mol. The lowest BCUT2D eigenvalue weighted by Gasteiger charge is -2.38. The zero-order chi connectivity index (χ0) is 19.1. The quantitative estimate of drug-likeness (QED) is 0.431. The number of Topliss-reactive ketones (excluding diaryl/α,β-unsaturated/α-hetero) is 1. The largest absolute Gasteiger partial charge is 0.294 e. The molecule has 0 saturated carbocycles. The molecule has 0 aromatic heterocycles. The number of carbonyl (C=O) groups excluding carboxylic acids is 1. The van der Waals surface area contributed by atoms with Gasteiger partial charge < -0.3 is 0 Å². The van der Waals surface area contributed by atoms with E-state index in [4.69, 9.17) is 0 Å². The van der Waals surface area contributed by atoms with E-state index >= 15 is 0 Å². The Hall–Kier alpha value is -2.21. The van der Waals surface area contributed by atoms with Crippen molar-refractivity contribution in [2.45, 2.75) is 44.3 Å². The van der Waals surface area contributed by atoms with Gasteiger partial charge in [0.1, 0.15) is 0 Å². The zero-order valence-corrected chi connectivity index (χ0v) is 14.6. The standard InChI is InChI=1S/C21H19F4NO/c22-16-10-17(23)20(25)18(19(16)24)21(27)13-8-14-6-7-15(9-13)26(14)11-12-4-2-1-3-5-12/h1-5,10,13-15H,6-9,11H2. The lowest BCUT2D eigenvalue weighted by Crippen LogP contribution is -2.44. The van der Waals surface area contributed by atoms with Crippen LogP contribution in [-0.2, 0) is 6.54 Å². The van der Waals surface area contributed by atoms with Crippen molar-refractivity contribution >= 4 is 5.78 Å². The molecular formula is C21H19F4NO. The third-order valence-corrected chi connectivity index (χ3v) is 5.82. The minimum absolute atomic E-state index is 0.127. The van der Waals surface area contributed by atoms with Crippen LogP contribution in [0.3, 0.4) is 0 Å². The van der Waals surface area contributed by atoms with E-state index < -0.39 is 40.5 Å². The fraction of sp³-hybridized carbons (Fsp3) is 0.381. The molecule has 6 heteroatoms. The second-order valence-electron chi connectivity index (χ2n) is 7.42. The lowest BCUT2D eigenvalue weighted by atomic mass is 9.84. The molecule has 0 amide bonds. The first-order chi connectivity index (χ1) is 13.0. The maximum atomic E-state index is 14.0. The minimum Gasteiger partial charge on any atom is -0.294 e. The Morgan fingerprint density at radius 3 is 2.04 bits per heavy atom. The Kier molecular flexibility index (Phi) is 4.76. The first kappa shape index (κ1) is 18.2. The van der Waals surface area contributed by atoms with Crippen LogP contribution in [0, 0.1) is 29.2 Å². The summed E-state index contributed by atoms with van der Waals surface area (Å²) in [5.41, 5.74) is 0.0943. The van der Waals surface area contributed by atoms with E-state index in [9.17, 15) is 22.4 Å². The van der Waals surface area contributed by atoms with Crippen molar-refractivity contribution in [1.29, 1.82) is 0 Å². The zero-order valence-electron chi connectivity index (χ0n) is 14.6. The molecule has 2 fully saturated rings. The number of halogens is 4. The van der Waals surface area contributed by atoms with E-state index in [1.54, 1.807) is 0 Å². The Morgan fingerprint density at radius 2 is 1.48 bits per heavy atom. The lowest BCUT2D eigenvalue weighted by molar-refractivity contribution is 0.0669. The number of carbonyl (C=O) groups is 1. The second-order valence-corrected chi connectivity index (χ2v) is 7.42. The first-order valence-electron chi connectivity index (χ1n) is 9.12. The summed E-state index contributed by atoms with van der Waals surface area (Å²) >= 11 is 0. The number of fused-ring (bicyclic) bond motifs is 2. The fourth-order valence-electron chi connectivity index (χ4n) is 4.53. The second kappa shape index (κ2) is 7.08. The van der Waals surface area contributed by atoms with Gasteiger partial charge in [-0.3, -0.25) is 9.69 Å². The van der Waals surface area contributed by atoms with Gasteiger partial charge in [0.2, 0.25) is 0 Å². The van der Waals surface area contributed by atoms with Crippen LogP contribution in [0.1, 0.15) is 41.6 Å². The maximum Gasteiger partial charge on any atom is 0.172 e. The van der Waals surface area contributed by atoms with Gasteiger partial charge in [-0.05, 0) is 31.2 Å².